The number of hydrogen-bond donors (Lipinski definition) is 1. The maximum Gasteiger partial charge on any atom is 0.308 e. The average molecular weight is 204 g/mol. The van der Waals surface area contributed by atoms with E-state index in [0.717, 1.165) is 0 Å². The van der Waals surface area contributed by atoms with Crippen molar-refractivity contribution in [3.63, 3.8) is 0 Å². The molecule has 0 aliphatic carbocycles. The number of hydrogen-bond acceptors (Lipinski definition) is 5. The molecule has 2 unspecified atom stereocenters. The molecule has 0 aromatic heterocycles. The maximum absolute atomic E-state index is 10.9. The standard InChI is InChI=1S/C9H16O5/c1-7-5-13-9(2,14-7)4-3-8(11)12-6-10/h7,10H,3-6H2,1-2H3. The molecule has 1 fully saturated rings. The third-order valence-electron chi connectivity index (χ3n) is 2.08. The summed E-state index contributed by atoms with van der Waals surface area (Å²) in [5.74, 6) is -1.13. The van der Waals surface area contributed by atoms with Gasteiger partial charge >= 0.3 is 5.97 Å². The van der Waals surface area contributed by atoms with E-state index in [1.165, 1.54) is 0 Å². The quantitative estimate of drug-likeness (QED) is 0.530. The topological polar surface area (TPSA) is 65.0 Å². The fraction of sp³-hybridized carbons (Fsp3) is 0.889. The van der Waals surface area contributed by atoms with E-state index in [2.05, 4.69) is 4.74 Å². The maximum atomic E-state index is 10.9. The Labute approximate surface area is 82.9 Å². The Morgan fingerprint density at radius 2 is 2.43 bits per heavy atom. The van der Waals surface area contributed by atoms with Crippen LogP contribution in [0.5, 0.6) is 0 Å². The Bertz CT molecular complexity index is 205. The first-order valence-electron chi connectivity index (χ1n) is 4.64. The minimum Gasteiger partial charge on any atom is -0.439 e. The molecule has 0 saturated carbocycles. The zero-order valence-electron chi connectivity index (χ0n) is 8.49. The van der Waals surface area contributed by atoms with Gasteiger partial charge in [0.2, 0.25) is 0 Å². The fourth-order valence-corrected chi connectivity index (χ4v) is 1.39. The van der Waals surface area contributed by atoms with Crippen molar-refractivity contribution in [1.29, 1.82) is 0 Å². The van der Waals surface area contributed by atoms with Crippen molar-refractivity contribution >= 4 is 5.97 Å². The first-order chi connectivity index (χ1) is 6.56. The molecule has 82 valence electrons. The molecule has 1 aliphatic rings. The molecule has 1 rings (SSSR count). The smallest absolute Gasteiger partial charge is 0.308 e. The van der Waals surface area contributed by atoms with E-state index in [1.807, 2.05) is 6.92 Å². The van der Waals surface area contributed by atoms with Gasteiger partial charge in [0.25, 0.3) is 0 Å². The molecule has 14 heavy (non-hydrogen) atoms. The lowest BCUT2D eigenvalue weighted by Gasteiger charge is -2.22. The predicted octanol–water partition coefficient (Wildman–Crippen LogP) is 0.411. The molecule has 1 heterocycles. The van der Waals surface area contributed by atoms with Crippen LogP contribution in [0.1, 0.15) is 26.7 Å². The van der Waals surface area contributed by atoms with Gasteiger partial charge in [-0.15, -0.1) is 0 Å². The number of rotatable bonds is 4. The molecule has 1 N–H and O–H groups in total. The molecule has 0 spiro atoms. The van der Waals surface area contributed by atoms with Gasteiger partial charge in [0.1, 0.15) is 0 Å². The van der Waals surface area contributed by atoms with E-state index in [1.54, 1.807) is 6.92 Å². The first-order valence-corrected chi connectivity index (χ1v) is 4.64. The molecule has 0 bridgehead atoms. The van der Waals surface area contributed by atoms with E-state index in [4.69, 9.17) is 14.6 Å². The molecular weight excluding hydrogens is 188 g/mol. The largest absolute Gasteiger partial charge is 0.439 e. The number of esters is 1. The SMILES string of the molecule is CC1COC(C)(CCC(=O)OCO)O1. The lowest BCUT2D eigenvalue weighted by atomic mass is 10.2. The summed E-state index contributed by atoms with van der Waals surface area (Å²) < 4.78 is 15.3. The fourth-order valence-electron chi connectivity index (χ4n) is 1.39. The lowest BCUT2D eigenvalue weighted by Crippen LogP contribution is -2.27. The second kappa shape index (κ2) is 4.72. The second-order valence-corrected chi connectivity index (χ2v) is 3.52. The Kier molecular flexibility index (Phi) is 3.86. The van der Waals surface area contributed by atoms with Gasteiger partial charge in [0.05, 0.1) is 19.1 Å². The molecule has 2 atom stereocenters. The summed E-state index contributed by atoms with van der Waals surface area (Å²) in [6, 6.07) is 0. The van der Waals surface area contributed by atoms with Gasteiger partial charge in [-0.05, 0) is 13.8 Å². The summed E-state index contributed by atoms with van der Waals surface area (Å²) in [7, 11) is 0. The number of aliphatic hydroxyl groups is 1. The van der Waals surface area contributed by atoms with Crippen molar-refractivity contribution in [3.05, 3.63) is 0 Å². The summed E-state index contributed by atoms with van der Waals surface area (Å²) in [6.45, 7) is 3.68. The second-order valence-electron chi connectivity index (χ2n) is 3.52. The molecule has 0 amide bonds. The van der Waals surface area contributed by atoms with E-state index in [-0.39, 0.29) is 12.5 Å². The van der Waals surface area contributed by atoms with Crippen LogP contribution >= 0.6 is 0 Å². The zero-order chi connectivity index (χ0) is 10.6. The van der Waals surface area contributed by atoms with Crippen LogP contribution in [0.15, 0.2) is 0 Å². The van der Waals surface area contributed by atoms with Crippen molar-refractivity contribution in [2.45, 2.75) is 38.6 Å². The normalized spacial score (nSPS) is 31.8. The number of carbonyl (C=O) groups excluding carboxylic acids is 1. The minimum atomic E-state index is -0.687. The van der Waals surface area contributed by atoms with Crippen LogP contribution in [0.3, 0.4) is 0 Å². The van der Waals surface area contributed by atoms with Crippen molar-refractivity contribution in [2.75, 3.05) is 13.4 Å². The number of aliphatic hydroxyl groups excluding tert-OH is 1. The average Bonchev–Trinajstić information content (AvgIpc) is 2.45. The van der Waals surface area contributed by atoms with Gasteiger partial charge in [-0.2, -0.15) is 0 Å². The molecule has 0 aromatic rings. The van der Waals surface area contributed by atoms with Crippen LogP contribution in [0.25, 0.3) is 0 Å². The molecule has 0 aromatic carbocycles. The van der Waals surface area contributed by atoms with Crippen LogP contribution < -0.4 is 0 Å². The Morgan fingerprint density at radius 1 is 1.71 bits per heavy atom. The summed E-state index contributed by atoms with van der Waals surface area (Å²) >= 11 is 0. The minimum absolute atomic E-state index is 0.0638. The lowest BCUT2D eigenvalue weighted by molar-refractivity contribution is -0.170. The summed E-state index contributed by atoms with van der Waals surface area (Å²) in [5, 5.41) is 8.33. The molecule has 5 heteroatoms. The van der Waals surface area contributed by atoms with Gasteiger partial charge in [-0.25, -0.2) is 0 Å². The van der Waals surface area contributed by atoms with Crippen molar-refractivity contribution in [2.24, 2.45) is 0 Å². The van der Waals surface area contributed by atoms with Crippen LogP contribution in [0.4, 0.5) is 0 Å². The highest BCUT2D eigenvalue weighted by atomic mass is 16.7. The summed E-state index contributed by atoms with van der Waals surface area (Å²) in [5.41, 5.74) is 0. The van der Waals surface area contributed by atoms with Gasteiger partial charge in [-0.3, -0.25) is 4.79 Å². The van der Waals surface area contributed by atoms with Gasteiger partial charge < -0.3 is 19.3 Å². The van der Waals surface area contributed by atoms with Crippen molar-refractivity contribution in [3.8, 4) is 0 Å². The molecule has 0 radical (unpaired) electrons. The van der Waals surface area contributed by atoms with Crippen LogP contribution in [0.2, 0.25) is 0 Å². The highest BCUT2D eigenvalue weighted by molar-refractivity contribution is 5.69. The Morgan fingerprint density at radius 3 is 2.93 bits per heavy atom. The molecular formula is C9H16O5. The van der Waals surface area contributed by atoms with E-state index >= 15 is 0 Å². The summed E-state index contributed by atoms with van der Waals surface area (Å²) in [4.78, 5) is 10.9. The molecule has 1 saturated heterocycles. The highest BCUT2D eigenvalue weighted by Crippen LogP contribution is 2.27. The van der Waals surface area contributed by atoms with Gasteiger partial charge in [0, 0.05) is 6.42 Å². The monoisotopic (exact) mass is 204 g/mol. The van der Waals surface area contributed by atoms with Crippen molar-refractivity contribution < 1.29 is 24.1 Å². The van der Waals surface area contributed by atoms with Crippen molar-refractivity contribution in [1.82, 2.24) is 0 Å². The van der Waals surface area contributed by atoms with Gasteiger partial charge in [-0.1, -0.05) is 0 Å². The van der Waals surface area contributed by atoms with E-state index in [0.29, 0.717) is 13.0 Å². The number of ether oxygens (including phenoxy) is 3. The first kappa shape index (κ1) is 11.4. The number of carbonyl (C=O) groups is 1. The molecule has 5 nitrogen and oxygen atoms in total. The highest BCUT2D eigenvalue weighted by Gasteiger charge is 2.35. The third-order valence-corrected chi connectivity index (χ3v) is 2.08. The third kappa shape index (κ3) is 3.25. The zero-order valence-corrected chi connectivity index (χ0v) is 8.49. The molecule has 1 aliphatic heterocycles. The predicted molar refractivity (Wildman–Crippen MR) is 47.3 cm³/mol. The van der Waals surface area contributed by atoms with E-state index < -0.39 is 18.5 Å². The Balaban J connectivity index is 2.27. The van der Waals surface area contributed by atoms with E-state index in [9.17, 15) is 4.79 Å². The van der Waals surface area contributed by atoms with Crippen LogP contribution in [-0.4, -0.2) is 36.4 Å². The Hall–Kier alpha value is -0.650. The van der Waals surface area contributed by atoms with Gasteiger partial charge in [0.15, 0.2) is 12.6 Å². The van der Waals surface area contributed by atoms with Crippen LogP contribution in [0, 0.1) is 0 Å². The summed E-state index contributed by atoms with van der Waals surface area (Å²) in [6.07, 6.45) is 0.689. The van der Waals surface area contributed by atoms with Crippen LogP contribution in [-0.2, 0) is 19.0 Å².